The normalized spacial score (nSPS) is 18.5. The number of hydrogen-bond donors (Lipinski definition) is 2. The molecule has 1 unspecified atom stereocenters. The Balaban J connectivity index is 2.55. The summed E-state index contributed by atoms with van der Waals surface area (Å²) in [6.45, 7) is 2.05. The molecule has 1 aliphatic rings. The number of rotatable bonds is 1. The van der Waals surface area contributed by atoms with Crippen molar-refractivity contribution in [3.8, 4) is 0 Å². The molecule has 1 aromatic carbocycles. The van der Waals surface area contributed by atoms with Crippen LogP contribution in [-0.2, 0) is 0 Å². The van der Waals surface area contributed by atoms with Gasteiger partial charge in [0.2, 0.25) is 5.91 Å². The maximum atomic E-state index is 11.1. The van der Waals surface area contributed by atoms with Gasteiger partial charge in [-0.3, -0.25) is 4.79 Å². The van der Waals surface area contributed by atoms with Crippen molar-refractivity contribution in [2.24, 2.45) is 5.73 Å². The molecule has 3 heteroatoms. The van der Waals surface area contributed by atoms with Crippen molar-refractivity contribution in [2.75, 3.05) is 5.32 Å². The van der Waals surface area contributed by atoms with Gasteiger partial charge >= 0.3 is 0 Å². The summed E-state index contributed by atoms with van der Waals surface area (Å²) >= 11 is 0. The predicted molar refractivity (Wildman–Crippen MR) is 57.1 cm³/mol. The Labute approximate surface area is 82.6 Å². The number of carbonyl (C=O) groups excluding carboxylic acids is 1. The summed E-state index contributed by atoms with van der Waals surface area (Å²) in [7, 11) is 0. The van der Waals surface area contributed by atoms with E-state index in [1.165, 1.54) is 0 Å². The van der Waals surface area contributed by atoms with Crippen molar-refractivity contribution in [1.29, 1.82) is 0 Å². The highest BCUT2D eigenvalue weighted by Gasteiger charge is 2.14. The highest BCUT2D eigenvalue weighted by molar-refractivity contribution is 5.99. The van der Waals surface area contributed by atoms with Crippen molar-refractivity contribution in [3.05, 3.63) is 35.4 Å². The second kappa shape index (κ2) is 3.18. The SMILES string of the molecule is CC1C=Cc2c(cccc2C(N)=O)N1. The fraction of sp³-hybridized carbons (Fsp3) is 0.182. The summed E-state index contributed by atoms with van der Waals surface area (Å²) in [6.07, 6.45) is 3.95. The third kappa shape index (κ3) is 1.37. The van der Waals surface area contributed by atoms with E-state index in [9.17, 15) is 4.79 Å². The number of nitrogens with two attached hydrogens (primary N) is 1. The summed E-state index contributed by atoms with van der Waals surface area (Å²) < 4.78 is 0. The number of fused-ring (bicyclic) bond motifs is 1. The molecule has 1 aromatic rings. The average molecular weight is 188 g/mol. The summed E-state index contributed by atoms with van der Waals surface area (Å²) in [5, 5.41) is 3.26. The van der Waals surface area contributed by atoms with E-state index in [-0.39, 0.29) is 5.91 Å². The van der Waals surface area contributed by atoms with Gasteiger partial charge in [-0.15, -0.1) is 0 Å². The minimum absolute atomic E-state index is 0.297. The van der Waals surface area contributed by atoms with Crippen molar-refractivity contribution < 1.29 is 4.79 Å². The van der Waals surface area contributed by atoms with Gasteiger partial charge in [-0.1, -0.05) is 18.2 Å². The van der Waals surface area contributed by atoms with Crippen LogP contribution in [0.25, 0.3) is 6.08 Å². The maximum absolute atomic E-state index is 11.1. The number of hydrogen-bond acceptors (Lipinski definition) is 2. The van der Waals surface area contributed by atoms with Crippen molar-refractivity contribution in [3.63, 3.8) is 0 Å². The Morgan fingerprint density at radius 3 is 3.00 bits per heavy atom. The monoisotopic (exact) mass is 188 g/mol. The minimum atomic E-state index is -0.386. The van der Waals surface area contributed by atoms with Crippen LogP contribution in [-0.4, -0.2) is 11.9 Å². The summed E-state index contributed by atoms with van der Waals surface area (Å²) in [4.78, 5) is 11.1. The Morgan fingerprint density at radius 1 is 1.50 bits per heavy atom. The first-order chi connectivity index (χ1) is 6.68. The largest absolute Gasteiger partial charge is 0.379 e. The molecule has 0 fully saturated rings. The smallest absolute Gasteiger partial charge is 0.249 e. The van der Waals surface area contributed by atoms with E-state index in [0.29, 0.717) is 11.6 Å². The van der Waals surface area contributed by atoms with Gasteiger partial charge in [-0.2, -0.15) is 0 Å². The zero-order valence-electron chi connectivity index (χ0n) is 7.95. The number of carbonyl (C=O) groups is 1. The van der Waals surface area contributed by atoms with Crippen LogP contribution in [0, 0.1) is 0 Å². The van der Waals surface area contributed by atoms with Gasteiger partial charge in [-0.05, 0) is 19.1 Å². The lowest BCUT2D eigenvalue weighted by atomic mass is 10.00. The van der Waals surface area contributed by atoms with Gasteiger partial charge in [0.25, 0.3) is 0 Å². The molecule has 0 saturated heterocycles. The quantitative estimate of drug-likeness (QED) is 0.703. The van der Waals surface area contributed by atoms with E-state index in [1.54, 1.807) is 6.07 Å². The Bertz CT molecular complexity index is 410. The summed E-state index contributed by atoms with van der Waals surface area (Å²) in [5.74, 6) is -0.386. The van der Waals surface area contributed by atoms with Crippen molar-refractivity contribution in [1.82, 2.24) is 0 Å². The van der Waals surface area contributed by atoms with Crippen LogP contribution in [0.4, 0.5) is 5.69 Å². The van der Waals surface area contributed by atoms with Gasteiger partial charge in [0, 0.05) is 22.9 Å². The second-order valence-corrected chi connectivity index (χ2v) is 3.42. The van der Waals surface area contributed by atoms with Gasteiger partial charge in [-0.25, -0.2) is 0 Å². The third-order valence-electron chi connectivity index (χ3n) is 2.31. The van der Waals surface area contributed by atoms with E-state index in [4.69, 9.17) is 5.73 Å². The first-order valence-electron chi connectivity index (χ1n) is 4.56. The minimum Gasteiger partial charge on any atom is -0.379 e. The first-order valence-corrected chi connectivity index (χ1v) is 4.56. The van der Waals surface area contributed by atoms with Crippen LogP contribution >= 0.6 is 0 Å². The van der Waals surface area contributed by atoms with Crippen molar-refractivity contribution >= 4 is 17.7 Å². The first kappa shape index (κ1) is 8.81. The average Bonchev–Trinajstić information content (AvgIpc) is 2.16. The number of nitrogens with one attached hydrogen (secondary N) is 1. The van der Waals surface area contributed by atoms with E-state index in [0.717, 1.165) is 11.3 Å². The molecule has 1 heterocycles. The molecule has 3 N–H and O–H groups in total. The van der Waals surface area contributed by atoms with Crippen LogP contribution in [0.5, 0.6) is 0 Å². The van der Waals surface area contributed by atoms with Crippen molar-refractivity contribution in [2.45, 2.75) is 13.0 Å². The zero-order chi connectivity index (χ0) is 10.1. The molecule has 1 atom stereocenters. The summed E-state index contributed by atoms with van der Waals surface area (Å²) in [6, 6.07) is 5.81. The third-order valence-corrected chi connectivity index (χ3v) is 2.31. The molecule has 0 radical (unpaired) electrons. The van der Waals surface area contributed by atoms with Crippen LogP contribution < -0.4 is 11.1 Å². The second-order valence-electron chi connectivity index (χ2n) is 3.42. The number of benzene rings is 1. The molecule has 14 heavy (non-hydrogen) atoms. The molecule has 0 aliphatic carbocycles. The molecule has 0 aromatic heterocycles. The zero-order valence-corrected chi connectivity index (χ0v) is 7.95. The van der Waals surface area contributed by atoms with E-state index < -0.39 is 0 Å². The number of primary amides is 1. The Kier molecular flexibility index (Phi) is 2.00. The van der Waals surface area contributed by atoms with Crippen LogP contribution in [0.3, 0.4) is 0 Å². The molecule has 0 bridgehead atoms. The molecule has 0 saturated carbocycles. The van der Waals surface area contributed by atoms with Gasteiger partial charge in [0.15, 0.2) is 0 Å². The van der Waals surface area contributed by atoms with Gasteiger partial charge in [0.05, 0.1) is 0 Å². The number of anilines is 1. The lowest BCUT2D eigenvalue weighted by Crippen LogP contribution is -2.19. The standard InChI is InChI=1S/C11H12N2O/c1-7-5-6-8-9(11(12)14)3-2-4-10(8)13-7/h2-7,13H,1H3,(H2,12,14). The maximum Gasteiger partial charge on any atom is 0.249 e. The molecule has 2 rings (SSSR count). The van der Waals surface area contributed by atoms with E-state index in [1.807, 2.05) is 24.3 Å². The van der Waals surface area contributed by atoms with E-state index >= 15 is 0 Å². The molecule has 1 amide bonds. The lowest BCUT2D eigenvalue weighted by molar-refractivity contribution is 0.1000. The van der Waals surface area contributed by atoms with Crippen LogP contribution in [0.15, 0.2) is 24.3 Å². The highest BCUT2D eigenvalue weighted by Crippen LogP contribution is 2.25. The topological polar surface area (TPSA) is 55.1 Å². The molecular formula is C11H12N2O. The molecule has 1 aliphatic heterocycles. The fourth-order valence-electron chi connectivity index (χ4n) is 1.62. The molecule has 3 nitrogen and oxygen atoms in total. The molecule has 72 valence electrons. The Morgan fingerprint density at radius 2 is 2.29 bits per heavy atom. The van der Waals surface area contributed by atoms with Gasteiger partial charge in [0.1, 0.15) is 0 Å². The number of amides is 1. The molecular weight excluding hydrogens is 176 g/mol. The van der Waals surface area contributed by atoms with Crippen LogP contribution in [0.2, 0.25) is 0 Å². The predicted octanol–water partition coefficient (Wildman–Crippen LogP) is 1.61. The molecule has 0 spiro atoms. The van der Waals surface area contributed by atoms with Gasteiger partial charge < -0.3 is 11.1 Å². The Hall–Kier alpha value is -1.77. The summed E-state index contributed by atoms with van der Waals surface area (Å²) in [5.41, 5.74) is 7.70. The fourth-order valence-corrected chi connectivity index (χ4v) is 1.62. The van der Waals surface area contributed by atoms with Crippen LogP contribution in [0.1, 0.15) is 22.8 Å². The highest BCUT2D eigenvalue weighted by atomic mass is 16.1. The van der Waals surface area contributed by atoms with E-state index in [2.05, 4.69) is 12.2 Å². The lowest BCUT2D eigenvalue weighted by Gasteiger charge is -2.20.